The zero-order valence-electron chi connectivity index (χ0n) is 19.7. The molecule has 2 amide bonds. The molecule has 0 aliphatic carbocycles. The predicted molar refractivity (Wildman–Crippen MR) is 138 cm³/mol. The summed E-state index contributed by atoms with van der Waals surface area (Å²) in [6.07, 6.45) is 0.878. The number of aliphatic carboxylic acids is 2. The molecule has 0 radical (unpaired) electrons. The van der Waals surface area contributed by atoms with Crippen molar-refractivity contribution in [3.63, 3.8) is 0 Å². The summed E-state index contributed by atoms with van der Waals surface area (Å²) in [7, 11) is 0. The van der Waals surface area contributed by atoms with Crippen molar-refractivity contribution >= 4 is 59.2 Å². The highest BCUT2D eigenvalue weighted by Gasteiger charge is 2.23. The monoisotopic (exact) mass is 544 g/mol. The Hall–Kier alpha value is -4.73. The van der Waals surface area contributed by atoms with Crippen LogP contribution in [-0.4, -0.2) is 71.7 Å². The highest BCUT2D eigenvalue weighted by atomic mass is 32.1. The summed E-state index contributed by atoms with van der Waals surface area (Å²) in [4.78, 5) is 73.5. The van der Waals surface area contributed by atoms with E-state index in [0.717, 1.165) is 0 Å². The third kappa shape index (κ3) is 7.39. The number of carboxylic acid groups (broad SMARTS) is 2. The van der Waals surface area contributed by atoms with Gasteiger partial charge in [0.2, 0.25) is 11.9 Å². The van der Waals surface area contributed by atoms with Gasteiger partial charge in [0.05, 0.1) is 18.4 Å². The van der Waals surface area contributed by atoms with Gasteiger partial charge in [-0.05, 0) is 30.7 Å². The van der Waals surface area contributed by atoms with E-state index in [-0.39, 0.29) is 47.8 Å². The van der Waals surface area contributed by atoms with E-state index in [9.17, 15) is 29.1 Å². The Kier molecular flexibility index (Phi) is 9.15. The molecule has 1 aromatic carbocycles. The molecule has 3 rings (SSSR count). The molecule has 2 heterocycles. The van der Waals surface area contributed by atoms with Crippen LogP contribution in [0.15, 0.2) is 35.3 Å². The van der Waals surface area contributed by atoms with Crippen molar-refractivity contribution in [2.45, 2.75) is 31.5 Å². The molecule has 15 nitrogen and oxygen atoms in total. The summed E-state index contributed by atoms with van der Waals surface area (Å²) in [5, 5.41) is 26.0. The van der Waals surface area contributed by atoms with Gasteiger partial charge in [-0.3, -0.25) is 19.4 Å². The number of anilines is 2. The first-order chi connectivity index (χ1) is 18.1. The van der Waals surface area contributed by atoms with E-state index in [4.69, 9.17) is 10.8 Å². The van der Waals surface area contributed by atoms with Gasteiger partial charge in [0.15, 0.2) is 11.2 Å². The smallest absolute Gasteiger partial charge is 0.327 e. The minimum Gasteiger partial charge on any atom is -0.480 e. The lowest BCUT2D eigenvalue weighted by molar-refractivity contribution is -0.142. The summed E-state index contributed by atoms with van der Waals surface area (Å²) in [5.41, 5.74) is 6.37. The molecule has 2 unspecified atom stereocenters. The second-order valence-electron chi connectivity index (χ2n) is 7.96. The maximum absolute atomic E-state index is 12.5. The number of aromatic amines is 1. The Labute approximate surface area is 219 Å². The summed E-state index contributed by atoms with van der Waals surface area (Å²) in [6, 6.07) is 3.54. The van der Waals surface area contributed by atoms with Crippen LogP contribution in [0.1, 0.15) is 28.9 Å². The predicted octanol–water partition coefficient (Wildman–Crippen LogP) is -0.630. The maximum atomic E-state index is 12.5. The maximum Gasteiger partial charge on any atom is 0.327 e. The van der Waals surface area contributed by atoms with Crippen LogP contribution >= 0.6 is 12.6 Å². The molecule has 0 bridgehead atoms. The van der Waals surface area contributed by atoms with Crippen molar-refractivity contribution < 1.29 is 29.4 Å². The Bertz CT molecular complexity index is 1410. The summed E-state index contributed by atoms with van der Waals surface area (Å²) in [5.74, 6) is -4.16. The van der Waals surface area contributed by atoms with Crippen LogP contribution in [0.3, 0.4) is 0 Å². The van der Waals surface area contributed by atoms with Crippen LogP contribution in [0.4, 0.5) is 11.6 Å². The van der Waals surface area contributed by atoms with Gasteiger partial charge in [0, 0.05) is 23.4 Å². The number of nitrogens with two attached hydrogens (primary N) is 1. The molecule has 0 saturated carbocycles. The van der Waals surface area contributed by atoms with Crippen LogP contribution in [0.25, 0.3) is 11.2 Å². The Morgan fingerprint density at radius 1 is 1.03 bits per heavy atom. The number of hydrogen-bond donors (Lipinski definition) is 8. The fourth-order valence-electron chi connectivity index (χ4n) is 3.21. The fourth-order valence-corrected chi connectivity index (χ4v) is 3.46. The standard InChI is InChI=1S/C22H24N8O7S/c23-22-29-17-16(19(33)30-22)26-12(8-25-17)7-24-11-3-1-10(2-4-11)18(32)28-13(20(34)35)5-6-15(31)27-14(9-38)21(36)37/h1-4,8,13-14,24,38H,5-7,9H2,(H,27,31)(H,28,32)(H,34,35)(H,36,37)(H3,23,25,29,30,33). The second kappa shape index (κ2) is 12.5. The third-order valence-corrected chi connectivity index (χ3v) is 5.55. The Morgan fingerprint density at radius 3 is 2.34 bits per heavy atom. The van der Waals surface area contributed by atoms with Crippen molar-refractivity contribution in [2.24, 2.45) is 0 Å². The first kappa shape index (κ1) is 27.9. The van der Waals surface area contributed by atoms with Crippen molar-refractivity contribution in [1.82, 2.24) is 30.6 Å². The van der Waals surface area contributed by atoms with E-state index in [0.29, 0.717) is 11.4 Å². The number of aromatic nitrogens is 4. The molecule has 200 valence electrons. The topological polar surface area (TPSA) is 242 Å². The minimum absolute atomic E-state index is 0.0411. The molecule has 0 aliphatic heterocycles. The van der Waals surface area contributed by atoms with E-state index in [2.05, 4.69) is 48.5 Å². The molecule has 0 aliphatic rings. The number of amides is 2. The minimum atomic E-state index is -1.37. The molecule has 2 atom stereocenters. The summed E-state index contributed by atoms with van der Waals surface area (Å²) < 4.78 is 0. The number of carboxylic acids is 2. The van der Waals surface area contributed by atoms with Gasteiger partial charge >= 0.3 is 11.9 Å². The first-order valence-corrected chi connectivity index (χ1v) is 11.7. The lowest BCUT2D eigenvalue weighted by Gasteiger charge is -2.16. The van der Waals surface area contributed by atoms with Gasteiger partial charge in [-0.15, -0.1) is 0 Å². The molecular formula is C22H24N8O7S. The summed E-state index contributed by atoms with van der Waals surface area (Å²) in [6.45, 7) is 0.206. The van der Waals surface area contributed by atoms with E-state index in [1.165, 1.54) is 18.3 Å². The normalized spacial score (nSPS) is 12.3. The molecule has 0 spiro atoms. The van der Waals surface area contributed by atoms with E-state index < -0.39 is 41.4 Å². The molecule has 2 aromatic heterocycles. The molecule has 3 aromatic rings. The average molecular weight is 545 g/mol. The lowest BCUT2D eigenvalue weighted by atomic mass is 10.1. The first-order valence-electron chi connectivity index (χ1n) is 11.1. The number of nitrogens with zero attached hydrogens (tertiary/aromatic N) is 3. The van der Waals surface area contributed by atoms with E-state index >= 15 is 0 Å². The number of H-pyrrole nitrogens is 1. The molecule has 38 heavy (non-hydrogen) atoms. The highest BCUT2D eigenvalue weighted by Crippen LogP contribution is 2.12. The van der Waals surface area contributed by atoms with Crippen molar-refractivity contribution in [1.29, 1.82) is 0 Å². The number of fused-ring (bicyclic) bond motifs is 1. The van der Waals surface area contributed by atoms with Crippen molar-refractivity contribution in [3.05, 3.63) is 52.1 Å². The zero-order valence-corrected chi connectivity index (χ0v) is 20.6. The van der Waals surface area contributed by atoms with Crippen LogP contribution in [0.5, 0.6) is 0 Å². The quantitative estimate of drug-likeness (QED) is 0.133. The zero-order chi connectivity index (χ0) is 27.8. The third-order valence-electron chi connectivity index (χ3n) is 5.19. The van der Waals surface area contributed by atoms with Crippen LogP contribution in [0, 0.1) is 0 Å². The molecule has 0 saturated heterocycles. The van der Waals surface area contributed by atoms with Gasteiger partial charge < -0.3 is 31.9 Å². The van der Waals surface area contributed by atoms with Crippen LogP contribution in [-0.2, 0) is 20.9 Å². The molecular weight excluding hydrogens is 520 g/mol. The van der Waals surface area contributed by atoms with Gasteiger partial charge in [-0.2, -0.15) is 17.6 Å². The van der Waals surface area contributed by atoms with E-state index in [1.807, 2.05) is 0 Å². The Morgan fingerprint density at radius 2 is 1.71 bits per heavy atom. The number of nitrogens with one attached hydrogen (secondary N) is 4. The number of carbonyl (C=O) groups excluding carboxylic acids is 2. The van der Waals surface area contributed by atoms with Gasteiger partial charge in [0.1, 0.15) is 12.1 Å². The van der Waals surface area contributed by atoms with Crippen LogP contribution in [0.2, 0.25) is 0 Å². The highest BCUT2D eigenvalue weighted by molar-refractivity contribution is 7.80. The molecule has 8 N–H and O–H groups in total. The van der Waals surface area contributed by atoms with Gasteiger partial charge in [0.25, 0.3) is 11.5 Å². The van der Waals surface area contributed by atoms with Crippen molar-refractivity contribution in [2.75, 3.05) is 16.8 Å². The largest absolute Gasteiger partial charge is 0.480 e. The lowest BCUT2D eigenvalue weighted by Crippen LogP contribution is -2.44. The van der Waals surface area contributed by atoms with E-state index in [1.54, 1.807) is 12.1 Å². The number of nitrogen functional groups attached to an aromatic ring is 1. The fraction of sp³-hybridized carbons (Fsp3) is 0.273. The number of benzene rings is 1. The number of rotatable bonds is 12. The van der Waals surface area contributed by atoms with Gasteiger partial charge in [-0.25, -0.2) is 19.6 Å². The number of carbonyl (C=O) groups is 4. The number of hydrogen-bond acceptors (Lipinski definition) is 11. The SMILES string of the molecule is Nc1nc2ncc(CNc3ccc(C(=O)NC(CCC(=O)NC(CS)C(=O)O)C(=O)O)cc3)nc2c(=O)[nH]1. The summed E-state index contributed by atoms with van der Waals surface area (Å²) >= 11 is 3.84. The molecule has 0 fully saturated rings. The molecule has 16 heteroatoms. The average Bonchev–Trinajstić information content (AvgIpc) is 2.88. The van der Waals surface area contributed by atoms with Gasteiger partial charge in [-0.1, -0.05) is 0 Å². The van der Waals surface area contributed by atoms with Crippen molar-refractivity contribution in [3.8, 4) is 0 Å². The Balaban J connectivity index is 1.56. The second-order valence-corrected chi connectivity index (χ2v) is 8.32. The van der Waals surface area contributed by atoms with Crippen LogP contribution < -0.4 is 27.2 Å². The number of thiol groups is 1.